The first-order valence-corrected chi connectivity index (χ1v) is 4.02. The van der Waals surface area contributed by atoms with Gasteiger partial charge in [0.05, 0.1) is 5.69 Å². The van der Waals surface area contributed by atoms with Crippen LogP contribution in [-0.2, 0) is 0 Å². The normalized spacial score (nSPS) is 10.6. The van der Waals surface area contributed by atoms with Gasteiger partial charge in [-0.15, -0.1) is 0 Å². The third-order valence-corrected chi connectivity index (χ3v) is 1.50. The van der Waals surface area contributed by atoms with Gasteiger partial charge in [0.25, 0.3) is 5.95 Å². The average Bonchev–Trinajstić information content (AvgIpc) is 2.72. The smallest absolute Gasteiger partial charge is 0.260 e. The van der Waals surface area contributed by atoms with E-state index in [0.717, 1.165) is 5.69 Å². The van der Waals surface area contributed by atoms with Gasteiger partial charge in [0.15, 0.2) is 0 Å². The molecule has 0 spiro atoms. The number of nitrogens with one attached hydrogen (secondary N) is 2. The summed E-state index contributed by atoms with van der Waals surface area (Å²) in [6, 6.07) is 9.52. The number of para-hydroxylation sites is 1. The molecule has 0 bridgehead atoms. The second-order valence-electron chi connectivity index (χ2n) is 2.49. The Morgan fingerprint density at radius 3 is 2.79 bits per heavy atom. The van der Waals surface area contributed by atoms with Crippen molar-refractivity contribution in [2.24, 2.45) is 10.3 Å². The van der Waals surface area contributed by atoms with Gasteiger partial charge in [-0.05, 0) is 12.1 Å². The summed E-state index contributed by atoms with van der Waals surface area (Å²) in [6.45, 7) is 0. The highest BCUT2D eigenvalue weighted by Crippen LogP contribution is 2.06. The molecular formula is C8H8N6. The van der Waals surface area contributed by atoms with Crippen molar-refractivity contribution in [1.29, 1.82) is 0 Å². The van der Waals surface area contributed by atoms with Gasteiger partial charge in [-0.3, -0.25) is 5.43 Å². The molecular weight excluding hydrogens is 180 g/mol. The summed E-state index contributed by atoms with van der Waals surface area (Å²) in [4.78, 5) is 3.78. The van der Waals surface area contributed by atoms with Gasteiger partial charge >= 0.3 is 0 Å². The summed E-state index contributed by atoms with van der Waals surface area (Å²) >= 11 is 0. The Morgan fingerprint density at radius 1 is 1.21 bits per heavy atom. The van der Waals surface area contributed by atoms with Crippen molar-refractivity contribution in [3.8, 4) is 0 Å². The van der Waals surface area contributed by atoms with Crippen LogP contribution in [0.5, 0.6) is 0 Å². The highest BCUT2D eigenvalue weighted by Gasteiger charge is 1.89. The minimum atomic E-state index is 0.369. The van der Waals surface area contributed by atoms with Crippen LogP contribution in [0.4, 0.5) is 11.6 Å². The summed E-state index contributed by atoms with van der Waals surface area (Å²) in [5.74, 6) is 0.369. The fraction of sp³-hybridized carbons (Fsp3) is 0. The first kappa shape index (κ1) is 8.36. The molecule has 0 radical (unpaired) electrons. The first-order valence-electron chi connectivity index (χ1n) is 4.02. The maximum Gasteiger partial charge on any atom is 0.266 e. The van der Waals surface area contributed by atoms with Gasteiger partial charge in [0, 0.05) is 0 Å². The first-order chi connectivity index (χ1) is 6.95. The molecule has 0 unspecified atom stereocenters. The van der Waals surface area contributed by atoms with Crippen molar-refractivity contribution in [2.45, 2.75) is 0 Å². The van der Waals surface area contributed by atoms with Crippen molar-refractivity contribution >= 4 is 11.6 Å². The Labute approximate surface area is 80.1 Å². The van der Waals surface area contributed by atoms with E-state index in [1.165, 1.54) is 6.33 Å². The van der Waals surface area contributed by atoms with E-state index in [-0.39, 0.29) is 0 Å². The van der Waals surface area contributed by atoms with E-state index in [0.29, 0.717) is 5.95 Å². The molecule has 2 N–H and O–H groups in total. The monoisotopic (exact) mass is 188 g/mol. The second-order valence-corrected chi connectivity index (χ2v) is 2.49. The number of nitrogens with zero attached hydrogens (tertiary/aromatic N) is 4. The molecule has 2 rings (SSSR count). The number of rotatable bonds is 3. The number of hydrogen-bond donors (Lipinski definition) is 2. The zero-order valence-electron chi connectivity index (χ0n) is 7.25. The molecule has 14 heavy (non-hydrogen) atoms. The molecule has 0 saturated carbocycles. The van der Waals surface area contributed by atoms with Crippen molar-refractivity contribution in [3.63, 3.8) is 0 Å². The molecule has 1 aromatic heterocycles. The summed E-state index contributed by atoms with van der Waals surface area (Å²) < 4.78 is 0. The summed E-state index contributed by atoms with van der Waals surface area (Å²) in [7, 11) is 0. The zero-order valence-corrected chi connectivity index (χ0v) is 7.25. The highest BCUT2D eigenvalue weighted by atomic mass is 15.5. The minimum absolute atomic E-state index is 0.369. The molecule has 1 aromatic carbocycles. The Hall–Kier alpha value is -2.24. The number of H-pyrrole nitrogens is 1. The van der Waals surface area contributed by atoms with Crippen molar-refractivity contribution < 1.29 is 0 Å². The van der Waals surface area contributed by atoms with Crippen molar-refractivity contribution in [2.75, 3.05) is 5.43 Å². The summed E-state index contributed by atoms with van der Waals surface area (Å²) in [5.41, 5.74) is 3.62. The Morgan fingerprint density at radius 2 is 2.07 bits per heavy atom. The van der Waals surface area contributed by atoms with Crippen LogP contribution in [-0.4, -0.2) is 15.2 Å². The van der Waals surface area contributed by atoms with E-state index in [1.807, 2.05) is 30.3 Å². The molecule has 2 aromatic rings. The van der Waals surface area contributed by atoms with E-state index >= 15 is 0 Å². The molecule has 6 heteroatoms. The number of benzene rings is 1. The molecule has 0 aliphatic rings. The molecule has 0 aliphatic carbocycles. The van der Waals surface area contributed by atoms with Crippen LogP contribution >= 0.6 is 0 Å². The lowest BCUT2D eigenvalue weighted by molar-refractivity contribution is 1.02. The number of anilines is 1. The number of aromatic amines is 1. The second kappa shape index (κ2) is 4.13. The Balaban J connectivity index is 1.95. The molecule has 0 amide bonds. The van der Waals surface area contributed by atoms with E-state index in [2.05, 4.69) is 30.9 Å². The van der Waals surface area contributed by atoms with Gasteiger partial charge in [0.1, 0.15) is 6.33 Å². The lowest BCUT2D eigenvalue weighted by atomic mass is 10.3. The lowest BCUT2D eigenvalue weighted by Gasteiger charge is -1.95. The van der Waals surface area contributed by atoms with Crippen LogP contribution in [0, 0.1) is 0 Å². The molecule has 70 valence electrons. The summed E-state index contributed by atoms with van der Waals surface area (Å²) in [5, 5.41) is 13.7. The maximum atomic E-state index is 3.78. The predicted octanol–water partition coefficient (Wildman–Crippen LogP) is 1.92. The minimum Gasteiger partial charge on any atom is -0.260 e. The van der Waals surface area contributed by atoms with Crippen LogP contribution in [0.1, 0.15) is 0 Å². The number of aromatic nitrogens is 3. The molecule has 0 saturated heterocycles. The SMILES string of the molecule is c1ccc(NN=Nc2ncn[nH]2)cc1. The van der Waals surface area contributed by atoms with Gasteiger partial charge in [0.2, 0.25) is 0 Å². The molecule has 0 fully saturated rings. The number of hydrogen-bond acceptors (Lipinski definition) is 4. The van der Waals surface area contributed by atoms with E-state index in [1.54, 1.807) is 0 Å². The predicted molar refractivity (Wildman–Crippen MR) is 51.0 cm³/mol. The quantitative estimate of drug-likeness (QED) is 0.570. The van der Waals surface area contributed by atoms with E-state index < -0.39 is 0 Å². The molecule has 0 aliphatic heterocycles. The van der Waals surface area contributed by atoms with Crippen LogP contribution < -0.4 is 5.43 Å². The third kappa shape index (κ3) is 2.13. The lowest BCUT2D eigenvalue weighted by Crippen LogP contribution is -1.84. The van der Waals surface area contributed by atoms with E-state index in [9.17, 15) is 0 Å². The van der Waals surface area contributed by atoms with Crippen molar-refractivity contribution in [3.05, 3.63) is 36.7 Å². The molecule has 0 atom stereocenters. The van der Waals surface area contributed by atoms with E-state index in [4.69, 9.17) is 0 Å². The standard InChI is InChI=1S/C8H8N6/c1-2-4-7(5-3-1)11-14-13-8-9-6-10-12-8/h1-6H,(H2,9,10,11,12,13). The topological polar surface area (TPSA) is 78.3 Å². The van der Waals surface area contributed by atoms with Gasteiger partial charge in [-0.2, -0.15) is 10.1 Å². The Kier molecular flexibility index (Phi) is 2.46. The zero-order chi connectivity index (χ0) is 9.64. The average molecular weight is 188 g/mol. The fourth-order valence-corrected chi connectivity index (χ4v) is 0.890. The molecule has 6 nitrogen and oxygen atoms in total. The van der Waals surface area contributed by atoms with Crippen LogP contribution in [0.3, 0.4) is 0 Å². The van der Waals surface area contributed by atoms with Gasteiger partial charge in [-0.25, -0.2) is 5.10 Å². The highest BCUT2D eigenvalue weighted by molar-refractivity contribution is 5.41. The fourth-order valence-electron chi connectivity index (χ4n) is 0.890. The maximum absolute atomic E-state index is 3.78. The van der Waals surface area contributed by atoms with Crippen LogP contribution in [0.2, 0.25) is 0 Å². The summed E-state index contributed by atoms with van der Waals surface area (Å²) in [6.07, 6.45) is 1.37. The molecule has 1 heterocycles. The third-order valence-electron chi connectivity index (χ3n) is 1.50. The van der Waals surface area contributed by atoms with Crippen LogP contribution in [0.15, 0.2) is 47.0 Å². The van der Waals surface area contributed by atoms with Gasteiger partial charge < -0.3 is 0 Å². The largest absolute Gasteiger partial charge is 0.266 e. The van der Waals surface area contributed by atoms with Crippen LogP contribution in [0.25, 0.3) is 0 Å². The van der Waals surface area contributed by atoms with Gasteiger partial charge in [-0.1, -0.05) is 28.5 Å². The van der Waals surface area contributed by atoms with Crippen molar-refractivity contribution in [1.82, 2.24) is 15.2 Å². The Bertz CT molecular complexity index is 393.